The third-order valence-electron chi connectivity index (χ3n) is 1.56. The lowest BCUT2D eigenvalue weighted by Crippen LogP contribution is -2.29. The van der Waals surface area contributed by atoms with Gasteiger partial charge in [-0.2, -0.15) is 0 Å². The van der Waals surface area contributed by atoms with Crippen LogP contribution in [0, 0.1) is 0 Å². The van der Waals surface area contributed by atoms with Crippen molar-refractivity contribution in [2.75, 3.05) is 0 Å². The molecule has 0 fully saturated rings. The number of hydrogen-bond donors (Lipinski definition) is 1. The van der Waals surface area contributed by atoms with Gasteiger partial charge in [-0.15, -0.1) is 0 Å². The zero-order chi connectivity index (χ0) is 9.78. The Morgan fingerprint density at radius 3 is 2.17 bits per heavy atom. The van der Waals surface area contributed by atoms with Crippen LogP contribution in [0.25, 0.3) is 0 Å². The first kappa shape index (κ1) is 11.1. The third kappa shape index (κ3) is 4.09. The van der Waals surface area contributed by atoms with Crippen LogP contribution in [-0.4, -0.2) is 16.5 Å². The van der Waals surface area contributed by atoms with Crippen molar-refractivity contribution in [3.05, 3.63) is 23.8 Å². The van der Waals surface area contributed by atoms with Gasteiger partial charge in [-0.25, -0.2) is 0 Å². The summed E-state index contributed by atoms with van der Waals surface area (Å²) in [4.78, 5) is 11.1. The molecule has 12 heavy (non-hydrogen) atoms. The molecule has 0 aromatic rings. The number of hydrogen-bond acceptors (Lipinski definition) is 2. The summed E-state index contributed by atoms with van der Waals surface area (Å²) >= 11 is 0. The van der Waals surface area contributed by atoms with Crippen molar-refractivity contribution in [1.29, 1.82) is 0 Å². The van der Waals surface area contributed by atoms with E-state index in [1.54, 1.807) is 6.08 Å². The van der Waals surface area contributed by atoms with E-state index in [9.17, 15) is 9.90 Å². The summed E-state index contributed by atoms with van der Waals surface area (Å²) in [6.45, 7) is 6.75. The molecule has 0 radical (unpaired) electrons. The van der Waals surface area contributed by atoms with Crippen LogP contribution in [0.2, 0.25) is 0 Å². The predicted octanol–water partition coefficient (Wildman–Crippen LogP) is 1.85. The summed E-state index contributed by atoms with van der Waals surface area (Å²) in [5.74, 6) is -0.274. The highest BCUT2D eigenvalue weighted by Gasteiger charge is 2.20. The van der Waals surface area contributed by atoms with E-state index >= 15 is 0 Å². The fraction of sp³-hybridized carbons (Fsp3) is 0.500. The van der Waals surface area contributed by atoms with Gasteiger partial charge in [0.2, 0.25) is 0 Å². The van der Waals surface area contributed by atoms with E-state index in [0.29, 0.717) is 0 Å². The normalized spacial score (nSPS) is 13.9. The summed E-state index contributed by atoms with van der Waals surface area (Å²) in [6.07, 6.45) is 4.99. The Kier molecular flexibility index (Phi) is 3.90. The molecule has 0 rings (SSSR count). The van der Waals surface area contributed by atoms with Gasteiger partial charge in [0, 0.05) is 0 Å². The topological polar surface area (TPSA) is 37.3 Å². The lowest BCUT2D eigenvalue weighted by molar-refractivity contribution is -0.128. The Bertz CT molecular complexity index is 216. The Balaban J connectivity index is 4.29. The molecule has 0 atom stereocenters. The van der Waals surface area contributed by atoms with E-state index in [-0.39, 0.29) is 5.78 Å². The van der Waals surface area contributed by atoms with E-state index in [0.717, 1.165) is 5.57 Å². The van der Waals surface area contributed by atoms with Gasteiger partial charge in [-0.1, -0.05) is 17.7 Å². The number of rotatable bonds is 3. The van der Waals surface area contributed by atoms with Gasteiger partial charge < -0.3 is 5.11 Å². The van der Waals surface area contributed by atoms with Crippen LogP contribution < -0.4 is 0 Å². The van der Waals surface area contributed by atoms with Crippen LogP contribution in [0.1, 0.15) is 27.7 Å². The van der Waals surface area contributed by atoms with Gasteiger partial charge in [0.25, 0.3) is 0 Å². The lowest BCUT2D eigenvalue weighted by atomic mass is 10.0. The molecule has 0 unspecified atom stereocenters. The number of carbonyl (C=O) groups excluding carboxylic acids is 1. The third-order valence-corrected chi connectivity index (χ3v) is 1.56. The molecule has 2 nitrogen and oxygen atoms in total. The highest BCUT2D eigenvalue weighted by atomic mass is 16.3. The van der Waals surface area contributed by atoms with Gasteiger partial charge in [-0.3, -0.25) is 4.79 Å². The largest absolute Gasteiger partial charge is 0.382 e. The summed E-state index contributed by atoms with van der Waals surface area (Å²) in [6, 6.07) is 0. The second-order valence-corrected chi connectivity index (χ2v) is 3.29. The molecule has 0 saturated carbocycles. The average molecular weight is 168 g/mol. The average Bonchev–Trinajstić information content (AvgIpc) is 1.97. The van der Waals surface area contributed by atoms with Crippen molar-refractivity contribution >= 4 is 5.78 Å². The van der Waals surface area contributed by atoms with Crippen LogP contribution in [-0.2, 0) is 4.79 Å². The Morgan fingerprint density at radius 1 is 1.33 bits per heavy atom. The van der Waals surface area contributed by atoms with Crippen LogP contribution in [0.5, 0.6) is 0 Å². The highest BCUT2D eigenvalue weighted by molar-refractivity contribution is 5.96. The molecule has 0 aliphatic carbocycles. The first-order valence-corrected chi connectivity index (χ1v) is 3.95. The summed E-state index contributed by atoms with van der Waals surface area (Å²) in [5.41, 5.74) is -0.252. The van der Waals surface area contributed by atoms with Crippen LogP contribution >= 0.6 is 0 Å². The van der Waals surface area contributed by atoms with Crippen molar-refractivity contribution in [2.24, 2.45) is 0 Å². The van der Waals surface area contributed by atoms with Crippen molar-refractivity contribution in [1.82, 2.24) is 0 Å². The van der Waals surface area contributed by atoms with Crippen molar-refractivity contribution in [3.8, 4) is 0 Å². The van der Waals surface area contributed by atoms with E-state index in [2.05, 4.69) is 0 Å². The summed E-state index contributed by atoms with van der Waals surface area (Å²) in [5, 5.41) is 9.25. The molecule has 0 aromatic heterocycles. The van der Waals surface area contributed by atoms with E-state index in [1.165, 1.54) is 19.9 Å². The van der Waals surface area contributed by atoms with E-state index < -0.39 is 5.60 Å². The fourth-order valence-corrected chi connectivity index (χ4v) is 0.507. The number of carbonyl (C=O) groups is 1. The Labute approximate surface area is 73.6 Å². The molecule has 68 valence electrons. The lowest BCUT2D eigenvalue weighted by Gasteiger charge is -2.11. The van der Waals surface area contributed by atoms with Gasteiger partial charge in [0.15, 0.2) is 5.78 Å². The minimum Gasteiger partial charge on any atom is -0.382 e. The maximum Gasteiger partial charge on any atom is 0.186 e. The molecule has 0 aromatic carbocycles. The van der Waals surface area contributed by atoms with Gasteiger partial charge in [0.05, 0.1) is 0 Å². The first-order chi connectivity index (χ1) is 5.38. The zero-order valence-electron chi connectivity index (χ0n) is 8.09. The molecule has 0 bridgehead atoms. The summed E-state index contributed by atoms with van der Waals surface area (Å²) < 4.78 is 0. The predicted molar refractivity (Wildman–Crippen MR) is 49.9 cm³/mol. The Hall–Kier alpha value is -0.890. The fourth-order valence-electron chi connectivity index (χ4n) is 0.507. The van der Waals surface area contributed by atoms with Gasteiger partial charge >= 0.3 is 0 Å². The molecule has 0 spiro atoms. The van der Waals surface area contributed by atoms with E-state index in [4.69, 9.17) is 0 Å². The first-order valence-electron chi connectivity index (χ1n) is 3.95. The summed E-state index contributed by atoms with van der Waals surface area (Å²) in [7, 11) is 0. The maximum atomic E-state index is 11.1. The number of aliphatic hydroxyl groups is 1. The van der Waals surface area contributed by atoms with E-state index in [1.807, 2.05) is 19.9 Å². The second-order valence-electron chi connectivity index (χ2n) is 3.29. The molecule has 0 amide bonds. The minimum atomic E-state index is -1.26. The molecule has 2 heteroatoms. The van der Waals surface area contributed by atoms with Crippen LogP contribution in [0.3, 0.4) is 0 Å². The van der Waals surface area contributed by atoms with Crippen molar-refractivity contribution in [3.63, 3.8) is 0 Å². The van der Waals surface area contributed by atoms with Crippen LogP contribution in [0.15, 0.2) is 23.8 Å². The van der Waals surface area contributed by atoms with Gasteiger partial charge in [-0.05, 0) is 33.8 Å². The van der Waals surface area contributed by atoms with Gasteiger partial charge in [0.1, 0.15) is 5.60 Å². The zero-order valence-corrected chi connectivity index (χ0v) is 8.09. The standard InChI is InChI=1S/C10H16O2/c1-5-8(2)6-7-9(11)10(3,4)12/h5-7,12H,1-4H3/b7-6+,8-5+. The number of allylic oxidation sites excluding steroid dienone is 3. The maximum absolute atomic E-state index is 11.1. The molecular weight excluding hydrogens is 152 g/mol. The smallest absolute Gasteiger partial charge is 0.186 e. The quantitative estimate of drug-likeness (QED) is 0.516. The molecule has 0 aliphatic heterocycles. The molecule has 0 saturated heterocycles. The SMILES string of the molecule is C/C=C(C)/C=C/C(=O)C(C)(C)O. The molecule has 0 aliphatic rings. The monoisotopic (exact) mass is 168 g/mol. The van der Waals surface area contributed by atoms with Crippen molar-refractivity contribution < 1.29 is 9.90 Å². The highest BCUT2D eigenvalue weighted by Crippen LogP contribution is 2.04. The second kappa shape index (κ2) is 4.21. The molecule has 0 heterocycles. The minimum absolute atomic E-state index is 0.274. The molecule has 1 N–H and O–H groups in total. The Morgan fingerprint density at radius 2 is 1.83 bits per heavy atom. The van der Waals surface area contributed by atoms with Crippen molar-refractivity contribution in [2.45, 2.75) is 33.3 Å². The van der Waals surface area contributed by atoms with Crippen LogP contribution in [0.4, 0.5) is 0 Å². The molecular formula is C10H16O2. The number of ketones is 1.